The quantitative estimate of drug-likeness (QED) is 0.489. The highest BCUT2D eigenvalue weighted by Gasteiger charge is 2.30. The van der Waals surface area contributed by atoms with Gasteiger partial charge in [0.15, 0.2) is 0 Å². The first-order valence-corrected chi connectivity index (χ1v) is 4.69. The van der Waals surface area contributed by atoms with Gasteiger partial charge in [0.25, 0.3) is 0 Å². The van der Waals surface area contributed by atoms with Crippen LogP contribution >= 0.6 is 0 Å². The Hall–Kier alpha value is -0.790. The van der Waals surface area contributed by atoms with Crippen molar-refractivity contribution in [3.63, 3.8) is 0 Å². The number of unbranched alkanes of at least 4 members (excludes halogenated alkanes) is 3. The van der Waals surface area contributed by atoms with Crippen molar-refractivity contribution < 1.29 is 9.90 Å². The summed E-state index contributed by atoms with van der Waals surface area (Å²) in [5.41, 5.74) is 1.14. The van der Waals surface area contributed by atoms with Crippen molar-refractivity contribution in [3.8, 4) is 0 Å². The Labute approximate surface area is 73.3 Å². The van der Waals surface area contributed by atoms with E-state index in [4.69, 9.17) is 5.11 Å². The molecule has 1 aliphatic carbocycles. The fraction of sp³-hybridized carbons (Fsp3) is 0.700. The van der Waals surface area contributed by atoms with Gasteiger partial charge in [0.1, 0.15) is 0 Å². The van der Waals surface area contributed by atoms with Gasteiger partial charge in [0.05, 0.1) is 5.92 Å². The van der Waals surface area contributed by atoms with E-state index in [-0.39, 0.29) is 5.92 Å². The molecule has 2 heteroatoms. The third-order valence-corrected chi connectivity index (χ3v) is 2.26. The molecule has 0 saturated carbocycles. The Bertz CT molecular complexity index is 194. The van der Waals surface area contributed by atoms with Gasteiger partial charge in [-0.05, 0) is 12.8 Å². The van der Waals surface area contributed by atoms with E-state index >= 15 is 0 Å². The van der Waals surface area contributed by atoms with Crippen LogP contribution in [0.25, 0.3) is 0 Å². The van der Waals surface area contributed by atoms with Crippen LogP contribution < -0.4 is 0 Å². The fourth-order valence-electron chi connectivity index (χ4n) is 1.39. The molecule has 1 rings (SSSR count). The first-order chi connectivity index (χ1) is 5.75. The average molecular weight is 168 g/mol. The summed E-state index contributed by atoms with van der Waals surface area (Å²) in [7, 11) is 0. The highest BCUT2D eigenvalue weighted by Crippen LogP contribution is 2.33. The molecule has 0 amide bonds. The second kappa shape index (κ2) is 4.29. The van der Waals surface area contributed by atoms with E-state index in [0.717, 1.165) is 18.4 Å². The van der Waals surface area contributed by atoms with E-state index in [2.05, 4.69) is 6.92 Å². The van der Waals surface area contributed by atoms with E-state index < -0.39 is 5.97 Å². The van der Waals surface area contributed by atoms with Gasteiger partial charge in [0, 0.05) is 0 Å². The largest absolute Gasteiger partial charge is 0.481 e. The first-order valence-electron chi connectivity index (χ1n) is 4.69. The van der Waals surface area contributed by atoms with Crippen LogP contribution in [0.5, 0.6) is 0 Å². The standard InChI is InChI=1S/C10H16O2/c1-2-3-4-5-6-8-7-9(8)10(11)12/h7,9H,2-6H2,1H3,(H,11,12). The Balaban J connectivity index is 1.97. The molecule has 0 aromatic carbocycles. The van der Waals surface area contributed by atoms with E-state index in [9.17, 15) is 4.79 Å². The minimum Gasteiger partial charge on any atom is -0.481 e. The summed E-state index contributed by atoms with van der Waals surface area (Å²) in [5.74, 6) is -0.882. The second-order valence-corrected chi connectivity index (χ2v) is 3.37. The van der Waals surface area contributed by atoms with E-state index in [1.54, 1.807) is 0 Å². The Morgan fingerprint density at radius 2 is 2.25 bits per heavy atom. The van der Waals surface area contributed by atoms with Crippen molar-refractivity contribution in [1.29, 1.82) is 0 Å². The topological polar surface area (TPSA) is 37.3 Å². The van der Waals surface area contributed by atoms with Gasteiger partial charge in [0.2, 0.25) is 0 Å². The fourth-order valence-corrected chi connectivity index (χ4v) is 1.39. The molecule has 0 fully saturated rings. The van der Waals surface area contributed by atoms with Gasteiger partial charge >= 0.3 is 5.97 Å². The molecule has 2 nitrogen and oxygen atoms in total. The molecule has 68 valence electrons. The molecule has 0 saturated heterocycles. The van der Waals surface area contributed by atoms with Crippen LogP contribution in [0.3, 0.4) is 0 Å². The van der Waals surface area contributed by atoms with Crippen LogP contribution in [0.2, 0.25) is 0 Å². The summed E-state index contributed by atoms with van der Waals surface area (Å²) in [4.78, 5) is 10.4. The minimum atomic E-state index is -0.680. The number of carboxylic acids is 1. The van der Waals surface area contributed by atoms with Crippen LogP contribution in [0.4, 0.5) is 0 Å². The number of carbonyl (C=O) groups is 1. The SMILES string of the molecule is CCCCCCC1=CC1C(=O)O. The molecule has 0 aromatic heterocycles. The zero-order valence-corrected chi connectivity index (χ0v) is 7.55. The zero-order valence-electron chi connectivity index (χ0n) is 7.55. The normalized spacial score (nSPS) is 20.4. The number of hydrogen-bond acceptors (Lipinski definition) is 1. The van der Waals surface area contributed by atoms with Gasteiger partial charge in [-0.1, -0.05) is 37.8 Å². The van der Waals surface area contributed by atoms with Crippen molar-refractivity contribution >= 4 is 5.97 Å². The lowest BCUT2D eigenvalue weighted by molar-refractivity contribution is -0.137. The van der Waals surface area contributed by atoms with E-state index in [0.29, 0.717) is 0 Å². The highest BCUT2D eigenvalue weighted by molar-refractivity contribution is 5.81. The predicted molar refractivity (Wildman–Crippen MR) is 48.0 cm³/mol. The number of aliphatic carboxylic acids is 1. The third kappa shape index (κ3) is 2.68. The lowest BCUT2D eigenvalue weighted by Gasteiger charge is -1.96. The summed E-state index contributed by atoms with van der Waals surface area (Å²) in [6.45, 7) is 2.18. The molecule has 1 aliphatic rings. The number of hydrogen-bond donors (Lipinski definition) is 1. The second-order valence-electron chi connectivity index (χ2n) is 3.37. The Morgan fingerprint density at radius 3 is 2.75 bits per heavy atom. The van der Waals surface area contributed by atoms with Gasteiger partial charge in [-0.2, -0.15) is 0 Å². The van der Waals surface area contributed by atoms with Crippen LogP contribution in [-0.4, -0.2) is 11.1 Å². The molecule has 0 spiro atoms. The molecule has 1 unspecified atom stereocenters. The summed E-state index contributed by atoms with van der Waals surface area (Å²) >= 11 is 0. The molecule has 1 N–H and O–H groups in total. The first kappa shape index (κ1) is 9.30. The highest BCUT2D eigenvalue weighted by atomic mass is 16.4. The van der Waals surface area contributed by atoms with Crippen molar-refractivity contribution in [1.82, 2.24) is 0 Å². The van der Waals surface area contributed by atoms with Crippen molar-refractivity contribution in [2.24, 2.45) is 5.92 Å². The molecule has 0 aromatic rings. The number of rotatable bonds is 6. The molecule has 0 heterocycles. The smallest absolute Gasteiger partial charge is 0.314 e. The Morgan fingerprint density at radius 1 is 1.50 bits per heavy atom. The van der Waals surface area contributed by atoms with Crippen LogP contribution in [0.1, 0.15) is 39.0 Å². The Kier molecular flexibility index (Phi) is 3.32. The number of carboxylic acid groups (broad SMARTS) is 1. The van der Waals surface area contributed by atoms with Gasteiger partial charge in [-0.25, -0.2) is 0 Å². The van der Waals surface area contributed by atoms with Crippen LogP contribution in [0, 0.1) is 5.92 Å². The van der Waals surface area contributed by atoms with Crippen LogP contribution in [-0.2, 0) is 4.79 Å². The molecule has 12 heavy (non-hydrogen) atoms. The van der Waals surface area contributed by atoms with Crippen molar-refractivity contribution in [2.75, 3.05) is 0 Å². The summed E-state index contributed by atoms with van der Waals surface area (Å²) in [6, 6.07) is 0. The lowest BCUT2D eigenvalue weighted by Crippen LogP contribution is -1.99. The molecule has 1 atom stereocenters. The van der Waals surface area contributed by atoms with E-state index in [1.165, 1.54) is 19.3 Å². The van der Waals surface area contributed by atoms with Gasteiger partial charge in [-0.3, -0.25) is 4.79 Å². The summed E-state index contributed by atoms with van der Waals surface area (Å²) < 4.78 is 0. The molecular formula is C10H16O2. The zero-order chi connectivity index (χ0) is 8.97. The summed E-state index contributed by atoms with van der Waals surface area (Å²) in [5, 5.41) is 8.57. The van der Waals surface area contributed by atoms with Crippen molar-refractivity contribution in [2.45, 2.75) is 39.0 Å². The van der Waals surface area contributed by atoms with E-state index in [1.807, 2.05) is 6.08 Å². The van der Waals surface area contributed by atoms with Gasteiger partial charge in [-0.15, -0.1) is 0 Å². The molecule has 0 radical (unpaired) electrons. The third-order valence-electron chi connectivity index (χ3n) is 2.26. The molecule has 0 bridgehead atoms. The van der Waals surface area contributed by atoms with Gasteiger partial charge < -0.3 is 5.11 Å². The maximum atomic E-state index is 10.4. The monoisotopic (exact) mass is 168 g/mol. The summed E-state index contributed by atoms with van der Waals surface area (Å²) in [6.07, 6.45) is 7.75. The maximum absolute atomic E-state index is 10.4. The lowest BCUT2D eigenvalue weighted by atomic mass is 10.1. The maximum Gasteiger partial charge on any atom is 0.314 e. The predicted octanol–water partition coefficient (Wildman–Crippen LogP) is 2.60. The molecular weight excluding hydrogens is 152 g/mol. The average Bonchev–Trinajstić information content (AvgIpc) is 2.77. The van der Waals surface area contributed by atoms with Crippen molar-refractivity contribution in [3.05, 3.63) is 11.6 Å². The minimum absolute atomic E-state index is 0.202. The molecule has 0 aliphatic heterocycles. The van der Waals surface area contributed by atoms with Crippen LogP contribution in [0.15, 0.2) is 11.6 Å².